The molecule has 0 fully saturated rings. The van der Waals surface area contributed by atoms with Gasteiger partial charge in [-0.15, -0.1) is 0 Å². The van der Waals surface area contributed by atoms with Gasteiger partial charge in [-0.25, -0.2) is 4.39 Å². The quantitative estimate of drug-likeness (QED) is 0.389. The van der Waals surface area contributed by atoms with Crippen molar-refractivity contribution in [1.29, 1.82) is 0 Å². The second kappa shape index (κ2) is 9.60. The van der Waals surface area contributed by atoms with Gasteiger partial charge in [-0.05, 0) is 43.0 Å². The predicted octanol–water partition coefficient (Wildman–Crippen LogP) is 6.47. The fourth-order valence-electron chi connectivity index (χ4n) is 3.26. The topological polar surface area (TPSA) is 41.8 Å². The minimum atomic E-state index is -5.11. The zero-order valence-electron chi connectivity index (χ0n) is 17.6. The number of hydrogen-bond donors (Lipinski definition) is 1. The van der Waals surface area contributed by atoms with Crippen molar-refractivity contribution in [1.82, 2.24) is 0 Å². The second-order valence-electron chi connectivity index (χ2n) is 7.46. The fraction of sp³-hybridized carbons (Fsp3) is 0.435. The zero-order valence-corrected chi connectivity index (χ0v) is 17.6. The molecule has 2 atom stereocenters. The van der Waals surface area contributed by atoms with Crippen LogP contribution in [0.15, 0.2) is 41.4 Å². The Hall–Kier alpha value is -2.41. The first-order valence-electron chi connectivity index (χ1n) is 9.83. The molecule has 2 rings (SSSR count). The summed E-state index contributed by atoms with van der Waals surface area (Å²) < 4.78 is 61.1. The van der Waals surface area contributed by atoms with Crippen LogP contribution in [0, 0.1) is 18.7 Å². The SMILES string of the molecule is CCCCC(C)C=Nc1cc(OC)c(C(O)(c2cccc(F)c2)C(F)(F)F)cc1C. The smallest absolute Gasteiger partial charge is 0.425 e. The van der Waals surface area contributed by atoms with E-state index in [2.05, 4.69) is 11.9 Å². The number of unbranched alkanes of at least 4 members (excludes halogenated alkanes) is 1. The molecule has 7 heteroatoms. The molecular formula is C23H27F4NO2. The molecule has 2 aromatic rings. The van der Waals surface area contributed by atoms with E-state index in [1.54, 1.807) is 13.1 Å². The van der Waals surface area contributed by atoms with E-state index in [1.807, 2.05) is 6.92 Å². The highest BCUT2D eigenvalue weighted by atomic mass is 19.4. The maximum atomic E-state index is 14.1. The number of aryl methyl sites for hydroxylation is 1. The summed E-state index contributed by atoms with van der Waals surface area (Å²) in [6.07, 6.45) is -0.266. The van der Waals surface area contributed by atoms with E-state index in [-0.39, 0.29) is 11.7 Å². The van der Waals surface area contributed by atoms with Crippen LogP contribution < -0.4 is 4.74 Å². The minimum absolute atomic E-state index is 0.182. The molecule has 30 heavy (non-hydrogen) atoms. The average molecular weight is 425 g/mol. The lowest BCUT2D eigenvalue weighted by Gasteiger charge is -2.33. The lowest BCUT2D eigenvalue weighted by molar-refractivity contribution is -0.248. The van der Waals surface area contributed by atoms with Crippen molar-refractivity contribution in [3.63, 3.8) is 0 Å². The van der Waals surface area contributed by atoms with Crippen molar-refractivity contribution in [2.45, 2.75) is 51.8 Å². The molecule has 0 amide bonds. The van der Waals surface area contributed by atoms with E-state index >= 15 is 0 Å². The maximum Gasteiger partial charge on any atom is 0.425 e. The highest BCUT2D eigenvalue weighted by Crippen LogP contribution is 2.48. The number of nitrogens with zero attached hydrogens (tertiary/aromatic N) is 1. The molecule has 0 aromatic heterocycles. The molecule has 0 aliphatic carbocycles. The van der Waals surface area contributed by atoms with Gasteiger partial charge in [0, 0.05) is 23.4 Å². The number of aliphatic imine (C=N–C) groups is 1. The van der Waals surface area contributed by atoms with Gasteiger partial charge in [0.1, 0.15) is 11.6 Å². The number of halogens is 4. The summed E-state index contributed by atoms with van der Waals surface area (Å²) in [7, 11) is 1.22. The molecule has 0 saturated heterocycles. The second-order valence-corrected chi connectivity index (χ2v) is 7.46. The first-order valence-corrected chi connectivity index (χ1v) is 9.83. The summed E-state index contributed by atoms with van der Waals surface area (Å²) >= 11 is 0. The average Bonchev–Trinajstić information content (AvgIpc) is 2.69. The molecule has 0 spiro atoms. The standard InChI is InChI=1S/C23H27F4NO2/c1-5-6-8-15(2)14-28-20-13-21(30-4)19(11-16(20)3)22(29,23(25,26)27)17-9-7-10-18(24)12-17/h7,9-15,29H,5-6,8H2,1-4H3. The monoisotopic (exact) mass is 425 g/mol. The number of hydrogen-bond acceptors (Lipinski definition) is 3. The Morgan fingerprint density at radius 1 is 1.20 bits per heavy atom. The normalized spacial score (nSPS) is 15.2. The van der Waals surface area contributed by atoms with Crippen LogP contribution in [-0.2, 0) is 5.60 Å². The third-order valence-corrected chi connectivity index (χ3v) is 5.04. The van der Waals surface area contributed by atoms with Crippen LogP contribution in [0.1, 0.15) is 49.8 Å². The Bertz CT molecular complexity index is 895. The largest absolute Gasteiger partial charge is 0.496 e. The molecule has 0 aliphatic heterocycles. The molecule has 1 N–H and O–H groups in total. The Morgan fingerprint density at radius 3 is 2.47 bits per heavy atom. The van der Waals surface area contributed by atoms with Gasteiger partial charge in [0.05, 0.1) is 12.8 Å². The summed E-state index contributed by atoms with van der Waals surface area (Å²) in [5.74, 6) is -0.847. The van der Waals surface area contributed by atoms with E-state index in [0.29, 0.717) is 17.3 Å². The summed E-state index contributed by atoms with van der Waals surface area (Å²) in [5, 5.41) is 10.8. The molecule has 0 radical (unpaired) electrons. The van der Waals surface area contributed by atoms with Crippen LogP contribution in [0.2, 0.25) is 0 Å². The van der Waals surface area contributed by atoms with Gasteiger partial charge in [0.15, 0.2) is 0 Å². The van der Waals surface area contributed by atoms with E-state index in [9.17, 15) is 22.7 Å². The molecular weight excluding hydrogens is 398 g/mol. The van der Waals surface area contributed by atoms with E-state index in [1.165, 1.54) is 19.2 Å². The van der Waals surface area contributed by atoms with Crippen LogP contribution in [0.3, 0.4) is 0 Å². The van der Waals surface area contributed by atoms with Crippen LogP contribution in [0.4, 0.5) is 23.2 Å². The number of ether oxygens (including phenoxy) is 1. The molecule has 2 aromatic carbocycles. The first kappa shape index (κ1) is 23.9. The molecule has 2 unspecified atom stereocenters. The first-order chi connectivity index (χ1) is 14.0. The van der Waals surface area contributed by atoms with E-state index < -0.39 is 28.7 Å². The molecule has 0 heterocycles. The zero-order chi connectivity index (χ0) is 22.5. The van der Waals surface area contributed by atoms with Gasteiger partial charge in [0.2, 0.25) is 5.60 Å². The molecule has 3 nitrogen and oxygen atoms in total. The van der Waals surface area contributed by atoms with Crippen molar-refractivity contribution in [3.05, 3.63) is 58.9 Å². The highest BCUT2D eigenvalue weighted by Gasteiger charge is 2.57. The van der Waals surface area contributed by atoms with Gasteiger partial charge in [-0.1, -0.05) is 38.8 Å². The highest BCUT2D eigenvalue weighted by molar-refractivity contribution is 5.68. The summed E-state index contributed by atoms with van der Waals surface area (Å²) in [6, 6.07) is 6.40. The number of benzene rings is 2. The molecule has 164 valence electrons. The predicted molar refractivity (Wildman–Crippen MR) is 110 cm³/mol. The Balaban J connectivity index is 2.59. The van der Waals surface area contributed by atoms with Crippen molar-refractivity contribution in [2.75, 3.05) is 7.11 Å². The van der Waals surface area contributed by atoms with Crippen LogP contribution in [-0.4, -0.2) is 24.6 Å². The van der Waals surface area contributed by atoms with Crippen LogP contribution in [0.5, 0.6) is 5.75 Å². The number of alkyl halides is 3. The summed E-state index contributed by atoms with van der Waals surface area (Å²) in [5.41, 5.74) is -3.70. The molecule has 0 aliphatic rings. The number of methoxy groups -OCH3 is 1. The third kappa shape index (κ3) is 5.01. The van der Waals surface area contributed by atoms with Gasteiger partial charge in [0.25, 0.3) is 0 Å². The van der Waals surface area contributed by atoms with E-state index in [0.717, 1.165) is 37.5 Å². The van der Waals surface area contributed by atoms with Gasteiger partial charge >= 0.3 is 6.18 Å². The van der Waals surface area contributed by atoms with E-state index in [4.69, 9.17) is 4.74 Å². The number of rotatable bonds is 8. The van der Waals surface area contributed by atoms with Crippen molar-refractivity contribution in [2.24, 2.45) is 10.9 Å². The van der Waals surface area contributed by atoms with Crippen LogP contribution >= 0.6 is 0 Å². The van der Waals surface area contributed by atoms with Crippen molar-refractivity contribution >= 4 is 11.9 Å². The van der Waals surface area contributed by atoms with Gasteiger partial charge < -0.3 is 9.84 Å². The van der Waals surface area contributed by atoms with Crippen molar-refractivity contribution in [3.8, 4) is 5.75 Å². The minimum Gasteiger partial charge on any atom is -0.496 e. The Kier molecular flexibility index (Phi) is 7.64. The van der Waals surface area contributed by atoms with Crippen LogP contribution in [0.25, 0.3) is 0 Å². The summed E-state index contributed by atoms with van der Waals surface area (Å²) in [6.45, 7) is 5.72. The lowest BCUT2D eigenvalue weighted by atomic mass is 9.84. The fourth-order valence-corrected chi connectivity index (χ4v) is 3.26. The van der Waals surface area contributed by atoms with Gasteiger partial charge in [-0.2, -0.15) is 13.2 Å². The Labute approximate surface area is 174 Å². The summed E-state index contributed by atoms with van der Waals surface area (Å²) in [4.78, 5) is 4.41. The molecule has 0 bridgehead atoms. The molecule has 0 saturated carbocycles. The van der Waals surface area contributed by atoms with Crippen molar-refractivity contribution < 1.29 is 27.4 Å². The lowest BCUT2D eigenvalue weighted by Crippen LogP contribution is -2.43. The maximum absolute atomic E-state index is 14.1. The third-order valence-electron chi connectivity index (χ3n) is 5.04. The Morgan fingerprint density at radius 2 is 1.90 bits per heavy atom. The van der Waals surface area contributed by atoms with Gasteiger partial charge in [-0.3, -0.25) is 4.99 Å². The number of aliphatic hydroxyl groups is 1.